The monoisotopic (exact) mass is 247 g/mol. The number of halogens is 1. The summed E-state index contributed by atoms with van der Waals surface area (Å²) in [6.45, 7) is 0. The fourth-order valence-electron chi connectivity index (χ4n) is 1.60. The molecule has 0 bridgehead atoms. The maximum atomic E-state index is 10.7. The van der Waals surface area contributed by atoms with Gasteiger partial charge in [-0.3, -0.25) is 5.32 Å². The van der Waals surface area contributed by atoms with Crippen LogP contribution in [0, 0.1) is 0 Å². The van der Waals surface area contributed by atoms with Crippen molar-refractivity contribution in [2.75, 3.05) is 5.32 Å². The number of hydrogen-bond acceptors (Lipinski definition) is 1. The molecule has 0 heterocycles. The predicted octanol–water partition coefficient (Wildman–Crippen LogP) is 4.10. The minimum absolute atomic E-state index is 0.521. The Kier molecular flexibility index (Phi) is 3.30. The maximum absolute atomic E-state index is 10.7. The van der Waals surface area contributed by atoms with Crippen LogP contribution in [0.5, 0.6) is 0 Å². The highest BCUT2D eigenvalue weighted by molar-refractivity contribution is 6.31. The van der Waals surface area contributed by atoms with Crippen LogP contribution in [-0.2, 0) is 0 Å². The summed E-state index contributed by atoms with van der Waals surface area (Å²) >= 11 is 5.93. The van der Waals surface area contributed by atoms with E-state index in [-0.39, 0.29) is 0 Å². The standard InChI is InChI=1S/C13H10ClNO2/c14-10-6-7-12(15-13(16)17)11(8-10)9-4-2-1-3-5-9/h1-8,15H,(H,16,17). The first-order valence-corrected chi connectivity index (χ1v) is 5.39. The molecule has 0 spiro atoms. The van der Waals surface area contributed by atoms with Gasteiger partial charge in [-0.05, 0) is 23.8 Å². The summed E-state index contributed by atoms with van der Waals surface area (Å²) in [5.41, 5.74) is 2.20. The summed E-state index contributed by atoms with van der Waals surface area (Å²) in [6.07, 6.45) is -1.09. The molecule has 0 saturated heterocycles. The molecule has 86 valence electrons. The number of amides is 1. The van der Waals surface area contributed by atoms with Crippen molar-refractivity contribution in [1.82, 2.24) is 0 Å². The zero-order valence-corrected chi connectivity index (χ0v) is 9.61. The third kappa shape index (κ3) is 2.77. The van der Waals surface area contributed by atoms with Crippen LogP contribution in [0.2, 0.25) is 5.02 Å². The minimum Gasteiger partial charge on any atom is -0.465 e. The Balaban J connectivity index is 2.51. The van der Waals surface area contributed by atoms with Crippen LogP contribution >= 0.6 is 11.6 Å². The van der Waals surface area contributed by atoms with Crippen molar-refractivity contribution in [1.29, 1.82) is 0 Å². The molecule has 17 heavy (non-hydrogen) atoms. The molecule has 0 aromatic heterocycles. The van der Waals surface area contributed by atoms with E-state index in [4.69, 9.17) is 16.7 Å². The van der Waals surface area contributed by atoms with E-state index in [9.17, 15) is 4.79 Å². The Morgan fingerprint density at radius 3 is 2.47 bits per heavy atom. The molecular weight excluding hydrogens is 238 g/mol. The molecule has 2 aromatic rings. The lowest BCUT2D eigenvalue weighted by molar-refractivity contribution is 0.210. The summed E-state index contributed by atoms with van der Waals surface area (Å²) in [5, 5.41) is 11.7. The molecule has 0 aliphatic heterocycles. The number of hydrogen-bond donors (Lipinski definition) is 2. The average Bonchev–Trinajstić information content (AvgIpc) is 2.32. The van der Waals surface area contributed by atoms with Crippen LogP contribution in [0.3, 0.4) is 0 Å². The Morgan fingerprint density at radius 2 is 1.82 bits per heavy atom. The topological polar surface area (TPSA) is 49.3 Å². The number of benzene rings is 2. The van der Waals surface area contributed by atoms with Gasteiger partial charge in [-0.25, -0.2) is 4.79 Å². The molecular formula is C13H10ClNO2. The van der Waals surface area contributed by atoms with Gasteiger partial charge >= 0.3 is 6.09 Å². The van der Waals surface area contributed by atoms with Crippen LogP contribution < -0.4 is 5.32 Å². The van der Waals surface area contributed by atoms with Crippen molar-refractivity contribution in [3.8, 4) is 11.1 Å². The van der Waals surface area contributed by atoms with Crippen LogP contribution in [-0.4, -0.2) is 11.2 Å². The van der Waals surface area contributed by atoms with E-state index in [0.29, 0.717) is 10.7 Å². The van der Waals surface area contributed by atoms with Crippen molar-refractivity contribution in [2.45, 2.75) is 0 Å². The predicted molar refractivity (Wildman–Crippen MR) is 68.5 cm³/mol. The molecule has 0 aliphatic rings. The quantitative estimate of drug-likeness (QED) is 0.839. The zero-order chi connectivity index (χ0) is 12.3. The minimum atomic E-state index is -1.09. The van der Waals surface area contributed by atoms with Crippen molar-refractivity contribution < 1.29 is 9.90 Å². The van der Waals surface area contributed by atoms with Gasteiger partial charge in [0.2, 0.25) is 0 Å². The fraction of sp³-hybridized carbons (Fsp3) is 0. The lowest BCUT2D eigenvalue weighted by Crippen LogP contribution is -2.08. The Labute approximate surface area is 104 Å². The SMILES string of the molecule is O=C(O)Nc1ccc(Cl)cc1-c1ccccc1. The van der Waals surface area contributed by atoms with Gasteiger partial charge in [0.25, 0.3) is 0 Å². The highest BCUT2D eigenvalue weighted by atomic mass is 35.5. The summed E-state index contributed by atoms with van der Waals surface area (Å²) in [6, 6.07) is 14.5. The number of carboxylic acid groups (broad SMARTS) is 1. The van der Waals surface area contributed by atoms with E-state index in [2.05, 4.69) is 5.32 Å². The molecule has 3 nitrogen and oxygen atoms in total. The van der Waals surface area contributed by atoms with Crippen molar-refractivity contribution in [2.24, 2.45) is 0 Å². The second-order valence-electron chi connectivity index (χ2n) is 3.49. The molecule has 2 rings (SSSR count). The van der Waals surface area contributed by atoms with Gasteiger partial charge in [-0.2, -0.15) is 0 Å². The third-order valence-electron chi connectivity index (χ3n) is 2.31. The van der Waals surface area contributed by atoms with Crippen molar-refractivity contribution in [3.63, 3.8) is 0 Å². The Bertz CT molecular complexity index is 540. The van der Waals surface area contributed by atoms with Crippen molar-refractivity contribution >= 4 is 23.4 Å². The number of anilines is 1. The molecule has 0 fully saturated rings. The largest absolute Gasteiger partial charge is 0.465 e. The third-order valence-corrected chi connectivity index (χ3v) is 2.54. The number of rotatable bonds is 2. The van der Waals surface area contributed by atoms with E-state index in [1.165, 1.54) is 0 Å². The van der Waals surface area contributed by atoms with Gasteiger partial charge in [0.1, 0.15) is 0 Å². The van der Waals surface area contributed by atoms with Crippen LogP contribution in [0.4, 0.5) is 10.5 Å². The van der Waals surface area contributed by atoms with Gasteiger partial charge in [0, 0.05) is 10.6 Å². The highest BCUT2D eigenvalue weighted by Gasteiger charge is 2.07. The van der Waals surface area contributed by atoms with Gasteiger partial charge in [0.15, 0.2) is 0 Å². The molecule has 0 aliphatic carbocycles. The normalized spacial score (nSPS) is 9.94. The van der Waals surface area contributed by atoms with Crippen LogP contribution in [0.1, 0.15) is 0 Å². The van der Waals surface area contributed by atoms with Crippen molar-refractivity contribution in [3.05, 3.63) is 53.6 Å². The Morgan fingerprint density at radius 1 is 1.12 bits per heavy atom. The van der Waals surface area contributed by atoms with Gasteiger partial charge in [-0.15, -0.1) is 0 Å². The number of nitrogens with one attached hydrogen (secondary N) is 1. The molecule has 4 heteroatoms. The highest BCUT2D eigenvalue weighted by Crippen LogP contribution is 2.30. The second-order valence-corrected chi connectivity index (χ2v) is 3.92. The fourth-order valence-corrected chi connectivity index (χ4v) is 1.77. The summed E-state index contributed by atoms with van der Waals surface area (Å²) in [5.74, 6) is 0. The molecule has 0 saturated carbocycles. The van der Waals surface area contributed by atoms with Gasteiger partial charge in [0.05, 0.1) is 5.69 Å². The maximum Gasteiger partial charge on any atom is 0.409 e. The van der Waals surface area contributed by atoms with E-state index in [1.807, 2.05) is 30.3 Å². The average molecular weight is 248 g/mol. The first-order chi connectivity index (χ1) is 8.16. The van der Waals surface area contributed by atoms with E-state index in [1.54, 1.807) is 18.2 Å². The molecule has 1 amide bonds. The Hall–Kier alpha value is -2.00. The molecule has 0 atom stereocenters. The lowest BCUT2D eigenvalue weighted by Gasteiger charge is -2.09. The smallest absolute Gasteiger partial charge is 0.409 e. The van der Waals surface area contributed by atoms with Gasteiger partial charge in [-0.1, -0.05) is 41.9 Å². The molecule has 2 N–H and O–H groups in total. The zero-order valence-electron chi connectivity index (χ0n) is 8.85. The first-order valence-electron chi connectivity index (χ1n) is 5.02. The number of carbonyl (C=O) groups is 1. The van der Waals surface area contributed by atoms with Gasteiger partial charge < -0.3 is 5.11 Å². The van der Waals surface area contributed by atoms with E-state index >= 15 is 0 Å². The first kappa shape index (κ1) is 11.5. The lowest BCUT2D eigenvalue weighted by atomic mass is 10.0. The molecule has 2 aromatic carbocycles. The summed E-state index contributed by atoms with van der Waals surface area (Å²) in [7, 11) is 0. The summed E-state index contributed by atoms with van der Waals surface area (Å²) in [4.78, 5) is 10.7. The van der Waals surface area contributed by atoms with Crippen LogP contribution in [0.15, 0.2) is 48.5 Å². The van der Waals surface area contributed by atoms with E-state index in [0.717, 1.165) is 11.1 Å². The molecule has 0 unspecified atom stereocenters. The second kappa shape index (κ2) is 4.89. The van der Waals surface area contributed by atoms with Crippen LogP contribution in [0.25, 0.3) is 11.1 Å². The summed E-state index contributed by atoms with van der Waals surface area (Å²) < 4.78 is 0. The molecule has 0 radical (unpaired) electrons. The van der Waals surface area contributed by atoms with E-state index < -0.39 is 6.09 Å².